The van der Waals surface area contributed by atoms with Gasteiger partial charge in [0.15, 0.2) is 0 Å². The summed E-state index contributed by atoms with van der Waals surface area (Å²) >= 11 is 0. The van der Waals surface area contributed by atoms with Crippen LogP contribution in [0.15, 0.2) is 24.5 Å². The fourth-order valence-corrected chi connectivity index (χ4v) is 2.57. The van der Waals surface area contributed by atoms with Crippen molar-refractivity contribution in [2.24, 2.45) is 11.1 Å². The summed E-state index contributed by atoms with van der Waals surface area (Å²) in [6.07, 6.45) is 9.96. The van der Waals surface area contributed by atoms with E-state index in [2.05, 4.69) is 18.0 Å². The molecule has 0 aromatic carbocycles. The van der Waals surface area contributed by atoms with Gasteiger partial charge >= 0.3 is 0 Å². The monoisotopic (exact) mass is 204 g/mol. The van der Waals surface area contributed by atoms with Crippen molar-refractivity contribution in [1.29, 1.82) is 0 Å². The van der Waals surface area contributed by atoms with E-state index >= 15 is 0 Å². The molecule has 1 unspecified atom stereocenters. The van der Waals surface area contributed by atoms with E-state index in [1.54, 1.807) is 0 Å². The smallest absolute Gasteiger partial charge is 0.0300 e. The molecule has 0 amide bonds. The van der Waals surface area contributed by atoms with E-state index < -0.39 is 0 Å². The number of nitrogens with zero attached hydrogens (tertiary/aromatic N) is 1. The largest absolute Gasteiger partial charge is 0.327 e. The van der Waals surface area contributed by atoms with Crippen LogP contribution in [0.25, 0.3) is 0 Å². The van der Waals surface area contributed by atoms with E-state index in [0.717, 1.165) is 6.42 Å². The van der Waals surface area contributed by atoms with Crippen molar-refractivity contribution in [3.63, 3.8) is 0 Å². The maximum atomic E-state index is 6.32. The van der Waals surface area contributed by atoms with Crippen LogP contribution in [0, 0.1) is 5.41 Å². The zero-order chi connectivity index (χ0) is 10.7. The van der Waals surface area contributed by atoms with Crippen molar-refractivity contribution < 1.29 is 0 Å². The van der Waals surface area contributed by atoms with Gasteiger partial charge in [-0.05, 0) is 36.3 Å². The molecular weight excluding hydrogens is 184 g/mol. The van der Waals surface area contributed by atoms with Crippen molar-refractivity contribution in [3.05, 3.63) is 30.1 Å². The molecule has 2 N–H and O–H groups in total. The first kappa shape index (κ1) is 10.6. The maximum absolute atomic E-state index is 6.32. The Hall–Kier alpha value is -0.890. The quantitative estimate of drug-likeness (QED) is 0.821. The second kappa shape index (κ2) is 4.31. The molecule has 1 atom stereocenters. The Morgan fingerprint density at radius 1 is 1.47 bits per heavy atom. The number of hydrogen-bond acceptors (Lipinski definition) is 2. The first-order valence-electron chi connectivity index (χ1n) is 5.85. The highest BCUT2D eigenvalue weighted by Crippen LogP contribution is 2.40. The molecule has 2 nitrogen and oxygen atoms in total. The van der Waals surface area contributed by atoms with E-state index in [4.69, 9.17) is 5.73 Å². The van der Waals surface area contributed by atoms with Crippen LogP contribution in [-0.2, 0) is 6.42 Å². The Labute approximate surface area is 91.9 Å². The Morgan fingerprint density at radius 3 is 2.80 bits per heavy atom. The Bertz CT molecular complexity index is 302. The summed E-state index contributed by atoms with van der Waals surface area (Å²) in [4.78, 5) is 4.13. The number of pyridine rings is 1. The Kier molecular flexibility index (Phi) is 3.06. The summed E-state index contributed by atoms with van der Waals surface area (Å²) in [5.74, 6) is 0. The first-order chi connectivity index (χ1) is 7.21. The Balaban J connectivity index is 2.00. The highest BCUT2D eigenvalue weighted by atomic mass is 14.7. The molecule has 0 spiro atoms. The van der Waals surface area contributed by atoms with Gasteiger partial charge in [0.2, 0.25) is 0 Å². The number of hydrogen-bond donors (Lipinski definition) is 1. The minimum Gasteiger partial charge on any atom is -0.327 e. The van der Waals surface area contributed by atoms with Gasteiger partial charge in [0, 0.05) is 18.4 Å². The summed E-state index contributed by atoms with van der Waals surface area (Å²) in [7, 11) is 0. The van der Waals surface area contributed by atoms with Crippen LogP contribution in [-0.4, -0.2) is 11.0 Å². The number of rotatable bonds is 3. The average molecular weight is 204 g/mol. The third kappa shape index (κ3) is 2.37. The molecule has 1 aromatic rings. The first-order valence-corrected chi connectivity index (χ1v) is 5.85. The van der Waals surface area contributed by atoms with Gasteiger partial charge in [-0.2, -0.15) is 0 Å². The maximum Gasteiger partial charge on any atom is 0.0300 e. The van der Waals surface area contributed by atoms with Crippen LogP contribution in [0.1, 0.15) is 38.2 Å². The minimum atomic E-state index is 0.282. The molecule has 15 heavy (non-hydrogen) atoms. The molecule has 82 valence electrons. The highest BCUT2D eigenvalue weighted by molar-refractivity contribution is 5.11. The molecule has 1 heterocycles. The summed E-state index contributed by atoms with van der Waals surface area (Å²) in [5.41, 5.74) is 7.94. The van der Waals surface area contributed by atoms with Gasteiger partial charge in [0.1, 0.15) is 0 Å². The molecular formula is C13H20N2. The van der Waals surface area contributed by atoms with Crippen LogP contribution < -0.4 is 5.73 Å². The number of aromatic nitrogens is 1. The van der Waals surface area contributed by atoms with Crippen molar-refractivity contribution in [2.75, 3.05) is 0 Å². The van der Waals surface area contributed by atoms with E-state index in [0.29, 0.717) is 5.41 Å². The van der Waals surface area contributed by atoms with Crippen molar-refractivity contribution in [2.45, 2.75) is 45.1 Å². The van der Waals surface area contributed by atoms with Gasteiger partial charge in [-0.1, -0.05) is 25.8 Å². The molecule has 0 bridgehead atoms. The summed E-state index contributed by atoms with van der Waals surface area (Å²) in [5, 5.41) is 0. The third-order valence-electron chi connectivity index (χ3n) is 3.82. The highest BCUT2D eigenvalue weighted by Gasteiger charge is 2.34. The summed E-state index contributed by atoms with van der Waals surface area (Å²) in [6, 6.07) is 4.38. The summed E-state index contributed by atoms with van der Waals surface area (Å²) in [6.45, 7) is 2.33. The van der Waals surface area contributed by atoms with Gasteiger partial charge in [-0.15, -0.1) is 0 Å². The zero-order valence-electron chi connectivity index (χ0n) is 9.45. The van der Waals surface area contributed by atoms with Crippen molar-refractivity contribution in [1.82, 2.24) is 4.98 Å². The van der Waals surface area contributed by atoms with Crippen LogP contribution in [0.2, 0.25) is 0 Å². The number of nitrogens with two attached hydrogens (primary N) is 1. The van der Waals surface area contributed by atoms with Gasteiger partial charge < -0.3 is 5.73 Å². The van der Waals surface area contributed by atoms with Crippen LogP contribution in [0.5, 0.6) is 0 Å². The van der Waals surface area contributed by atoms with E-state index in [1.807, 2.05) is 18.5 Å². The lowest BCUT2D eigenvalue weighted by molar-refractivity contribution is 0.260. The van der Waals surface area contributed by atoms with E-state index in [-0.39, 0.29) is 6.04 Å². The predicted molar refractivity (Wildman–Crippen MR) is 62.5 cm³/mol. The van der Waals surface area contributed by atoms with Gasteiger partial charge in [0.05, 0.1) is 0 Å². The standard InChI is InChI=1S/C13H20N2/c1-13(6-2-3-7-13)12(14)9-11-5-4-8-15-10-11/h4-5,8,10,12H,2-3,6-7,9,14H2,1H3. The van der Waals surface area contributed by atoms with Crippen molar-refractivity contribution in [3.8, 4) is 0 Å². The van der Waals surface area contributed by atoms with E-state index in [9.17, 15) is 0 Å². The van der Waals surface area contributed by atoms with E-state index in [1.165, 1.54) is 31.2 Å². The van der Waals surface area contributed by atoms with Crippen molar-refractivity contribution >= 4 is 0 Å². The Morgan fingerprint density at radius 2 is 2.20 bits per heavy atom. The fourth-order valence-electron chi connectivity index (χ4n) is 2.57. The minimum absolute atomic E-state index is 0.282. The second-order valence-corrected chi connectivity index (χ2v) is 5.03. The molecule has 1 aliphatic carbocycles. The van der Waals surface area contributed by atoms with Crippen LogP contribution >= 0.6 is 0 Å². The second-order valence-electron chi connectivity index (χ2n) is 5.03. The summed E-state index contributed by atoms with van der Waals surface area (Å²) < 4.78 is 0. The van der Waals surface area contributed by atoms with Crippen LogP contribution in [0.3, 0.4) is 0 Å². The molecule has 1 aliphatic rings. The molecule has 2 heteroatoms. The van der Waals surface area contributed by atoms with Gasteiger partial charge in [-0.3, -0.25) is 4.98 Å². The fraction of sp³-hybridized carbons (Fsp3) is 0.615. The SMILES string of the molecule is CC1(C(N)Cc2cccnc2)CCCC1. The lowest BCUT2D eigenvalue weighted by Crippen LogP contribution is -2.39. The van der Waals surface area contributed by atoms with Gasteiger partial charge in [-0.25, -0.2) is 0 Å². The van der Waals surface area contributed by atoms with Crippen LogP contribution in [0.4, 0.5) is 0 Å². The lowest BCUT2D eigenvalue weighted by atomic mass is 9.78. The van der Waals surface area contributed by atoms with Gasteiger partial charge in [0.25, 0.3) is 0 Å². The molecule has 1 aromatic heterocycles. The average Bonchev–Trinajstić information content (AvgIpc) is 2.68. The molecule has 0 radical (unpaired) electrons. The topological polar surface area (TPSA) is 38.9 Å². The lowest BCUT2D eigenvalue weighted by Gasteiger charge is -2.31. The normalized spacial score (nSPS) is 21.5. The zero-order valence-corrected chi connectivity index (χ0v) is 9.45. The molecule has 1 saturated carbocycles. The molecule has 2 rings (SSSR count). The molecule has 0 aliphatic heterocycles. The molecule has 0 saturated heterocycles. The third-order valence-corrected chi connectivity index (χ3v) is 3.82. The molecule has 1 fully saturated rings. The predicted octanol–water partition coefficient (Wildman–Crippen LogP) is 2.53.